The first-order chi connectivity index (χ1) is 7.67. The summed E-state index contributed by atoms with van der Waals surface area (Å²) in [4.78, 5) is 11.8. The van der Waals surface area contributed by atoms with E-state index in [0.29, 0.717) is 12.2 Å². The minimum Gasteiger partial charge on any atom is -0.383 e. The second-order valence-electron chi connectivity index (χ2n) is 3.90. The molecule has 0 radical (unpaired) electrons. The van der Waals surface area contributed by atoms with Gasteiger partial charge in [-0.2, -0.15) is 0 Å². The Balaban J connectivity index is 2.60. The number of hydrogen-bond donors (Lipinski definition) is 1. The summed E-state index contributed by atoms with van der Waals surface area (Å²) in [5, 5.41) is 2.94. The molecule has 3 nitrogen and oxygen atoms in total. The van der Waals surface area contributed by atoms with Gasteiger partial charge in [0.2, 0.25) is 0 Å². The number of carbonyl (C=O) groups is 1. The highest BCUT2D eigenvalue weighted by molar-refractivity contribution is 5.94. The molecule has 16 heavy (non-hydrogen) atoms. The molecule has 1 atom stereocenters. The van der Waals surface area contributed by atoms with Gasteiger partial charge in [0, 0.05) is 12.7 Å². The summed E-state index contributed by atoms with van der Waals surface area (Å²) in [6.07, 6.45) is 0.867. The monoisotopic (exact) mass is 221 g/mol. The third-order valence-electron chi connectivity index (χ3n) is 2.51. The number of nitrogens with one attached hydrogen (secondary N) is 1. The molecule has 0 spiro atoms. The van der Waals surface area contributed by atoms with E-state index in [1.807, 2.05) is 38.1 Å². The van der Waals surface area contributed by atoms with Crippen molar-refractivity contribution in [2.75, 3.05) is 13.7 Å². The predicted molar refractivity (Wildman–Crippen MR) is 64.6 cm³/mol. The van der Waals surface area contributed by atoms with E-state index < -0.39 is 0 Å². The summed E-state index contributed by atoms with van der Waals surface area (Å²) >= 11 is 0. The Labute approximate surface area is 96.8 Å². The second kappa shape index (κ2) is 6.28. The summed E-state index contributed by atoms with van der Waals surface area (Å²) < 4.78 is 5.04. The van der Waals surface area contributed by atoms with Crippen molar-refractivity contribution in [2.45, 2.75) is 26.3 Å². The van der Waals surface area contributed by atoms with Crippen molar-refractivity contribution in [3.05, 3.63) is 35.4 Å². The lowest BCUT2D eigenvalue weighted by atomic mass is 10.1. The van der Waals surface area contributed by atoms with Crippen molar-refractivity contribution in [2.24, 2.45) is 0 Å². The number of amides is 1. The van der Waals surface area contributed by atoms with Gasteiger partial charge in [-0.15, -0.1) is 0 Å². The Hall–Kier alpha value is -1.35. The van der Waals surface area contributed by atoms with Crippen LogP contribution >= 0.6 is 0 Å². The van der Waals surface area contributed by atoms with Crippen LogP contribution in [0.25, 0.3) is 0 Å². The highest BCUT2D eigenvalue weighted by Crippen LogP contribution is 2.04. The van der Waals surface area contributed by atoms with Crippen LogP contribution < -0.4 is 5.32 Å². The van der Waals surface area contributed by atoms with E-state index in [9.17, 15) is 4.79 Å². The molecule has 88 valence electrons. The highest BCUT2D eigenvalue weighted by atomic mass is 16.5. The fraction of sp³-hybridized carbons (Fsp3) is 0.462. The van der Waals surface area contributed by atoms with Crippen LogP contribution in [-0.2, 0) is 4.74 Å². The molecule has 0 heterocycles. The van der Waals surface area contributed by atoms with Gasteiger partial charge in [-0.25, -0.2) is 0 Å². The second-order valence-corrected chi connectivity index (χ2v) is 3.90. The largest absolute Gasteiger partial charge is 0.383 e. The number of rotatable bonds is 5. The van der Waals surface area contributed by atoms with Crippen molar-refractivity contribution in [1.29, 1.82) is 0 Å². The fourth-order valence-corrected chi connectivity index (χ4v) is 1.44. The van der Waals surface area contributed by atoms with Crippen LogP contribution in [0.2, 0.25) is 0 Å². The van der Waals surface area contributed by atoms with Crippen molar-refractivity contribution in [1.82, 2.24) is 5.32 Å². The minimum atomic E-state index is -0.0381. The molecule has 0 saturated carbocycles. The molecule has 0 aliphatic rings. The number of benzene rings is 1. The predicted octanol–water partition coefficient (Wildman–Crippen LogP) is 2.15. The number of methoxy groups -OCH3 is 1. The summed E-state index contributed by atoms with van der Waals surface area (Å²) in [5.41, 5.74) is 1.85. The summed E-state index contributed by atoms with van der Waals surface area (Å²) in [7, 11) is 1.64. The first-order valence-electron chi connectivity index (χ1n) is 5.53. The lowest BCUT2D eigenvalue weighted by Crippen LogP contribution is -2.37. The smallest absolute Gasteiger partial charge is 0.251 e. The Morgan fingerprint density at radius 3 is 2.50 bits per heavy atom. The molecule has 1 aromatic carbocycles. The van der Waals surface area contributed by atoms with Gasteiger partial charge < -0.3 is 10.1 Å². The van der Waals surface area contributed by atoms with Crippen molar-refractivity contribution in [3.8, 4) is 0 Å². The average molecular weight is 221 g/mol. The standard InChI is InChI=1S/C13H19NO2/c1-4-12(9-16-3)14-13(15)11-7-5-10(2)6-8-11/h5-8,12H,4,9H2,1-3H3,(H,14,15). The van der Waals surface area contributed by atoms with Gasteiger partial charge in [0.1, 0.15) is 0 Å². The zero-order valence-electron chi connectivity index (χ0n) is 10.1. The van der Waals surface area contributed by atoms with Crippen LogP contribution in [0.5, 0.6) is 0 Å². The molecule has 0 aromatic heterocycles. The normalized spacial score (nSPS) is 12.2. The molecular formula is C13H19NO2. The van der Waals surface area contributed by atoms with Crippen LogP contribution in [0.3, 0.4) is 0 Å². The molecular weight excluding hydrogens is 202 g/mol. The third kappa shape index (κ3) is 3.66. The average Bonchev–Trinajstić information content (AvgIpc) is 2.29. The maximum absolute atomic E-state index is 11.8. The first kappa shape index (κ1) is 12.7. The lowest BCUT2D eigenvalue weighted by molar-refractivity contribution is 0.0894. The maximum Gasteiger partial charge on any atom is 0.251 e. The molecule has 0 bridgehead atoms. The van der Waals surface area contributed by atoms with Gasteiger partial charge in [0.05, 0.1) is 12.6 Å². The van der Waals surface area contributed by atoms with Crippen LogP contribution in [0.1, 0.15) is 29.3 Å². The highest BCUT2D eigenvalue weighted by Gasteiger charge is 2.11. The fourth-order valence-electron chi connectivity index (χ4n) is 1.44. The van der Waals surface area contributed by atoms with Crippen LogP contribution in [0.15, 0.2) is 24.3 Å². The molecule has 3 heteroatoms. The van der Waals surface area contributed by atoms with Gasteiger partial charge in [0.25, 0.3) is 5.91 Å². The molecule has 1 N–H and O–H groups in total. The van der Waals surface area contributed by atoms with Crippen molar-refractivity contribution >= 4 is 5.91 Å². The summed E-state index contributed by atoms with van der Waals surface area (Å²) in [6, 6.07) is 7.63. The number of ether oxygens (including phenoxy) is 1. The number of aryl methyl sites for hydroxylation is 1. The Morgan fingerprint density at radius 1 is 1.38 bits per heavy atom. The number of hydrogen-bond acceptors (Lipinski definition) is 2. The first-order valence-corrected chi connectivity index (χ1v) is 5.53. The molecule has 0 aliphatic carbocycles. The van der Waals surface area contributed by atoms with Crippen LogP contribution in [-0.4, -0.2) is 25.7 Å². The van der Waals surface area contributed by atoms with Gasteiger partial charge >= 0.3 is 0 Å². The summed E-state index contributed by atoms with van der Waals surface area (Å²) in [6.45, 7) is 4.58. The summed E-state index contributed by atoms with van der Waals surface area (Å²) in [5.74, 6) is -0.0381. The van der Waals surface area contributed by atoms with Crippen molar-refractivity contribution in [3.63, 3.8) is 0 Å². The molecule has 0 fully saturated rings. The Kier molecular flexibility index (Phi) is 4.99. The lowest BCUT2D eigenvalue weighted by Gasteiger charge is -2.15. The topological polar surface area (TPSA) is 38.3 Å². The zero-order valence-corrected chi connectivity index (χ0v) is 10.1. The van der Waals surface area contributed by atoms with Gasteiger partial charge in [-0.3, -0.25) is 4.79 Å². The number of carbonyl (C=O) groups excluding carboxylic acids is 1. The van der Waals surface area contributed by atoms with Crippen LogP contribution in [0.4, 0.5) is 0 Å². The van der Waals surface area contributed by atoms with Gasteiger partial charge in [-0.05, 0) is 25.5 Å². The van der Waals surface area contributed by atoms with Gasteiger partial charge in [-0.1, -0.05) is 24.6 Å². The van der Waals surface area contributed by atoms with E-state index in [2.05, 4.69) is 5.32 Å². The van der Waals surface area contributed by atoms with E-state index in [-0.39, 0.29) is 11.9 Å². The van der Waals surface area contributed by atoms with E-state index in [1.165, 1.54) is 0 Å². The van der Waals surface area contributed by atoms with Gasteiger partial charge in [0.15, 0.2) is 0 Å². The van der Waals surface area contributed by atoms with E-state index in [0.717, 1.165) is 12.0 Å². The third-order valence-corrected chi connectivity index (χ3v) is 2.51. The van der Waals surface area contributed by atoms with E-state index >= 15 is 0 Å². The quantitative estimate of drug-likeness (QED) is 0.827. The maximum atomic E-state index is 11.8. The van der Waals surface area contributed by atoms with E-state index in [4.69, 9.17) is 4.74 Å². The molecule has 0 aliphatic heterocycles. The molecule has 1 aromatic rings. The van der Waals surface area contributed by atoms with Crippen molar-refractivity contribution < 1.29 is 9.53 Å². The minimum absolute atomic E-state index is 0.0381. The Bertz CT molecular complexity index is 332. The molecule has 1 amide bonds. The molecule has 1 rings (SSSR count). The SMILES string of the molecule is CCC(COC)NC(=O)c1ccc(C)cc1. The molecule has 1 unspecified atom stereocenters. The van der Waals surface area contributed by atoms with E-state index in [1.54, 1.807) is 7.11 Å². The molecule has 0 saturated heterocycles. The Morgan fingerprint density at radius 2 is 2.00 bits per heavy atom. The van der Waals surface area contributed by atoms with Crippen LogP contribution in [0, 0.1) is 6.92 Å². The zero-order chi connectivity index (χ0) is 12.0.